The number of para-hydroxylation sites is 1. The Morgan fingerprint density at radius 1 is 0.980 bits per heavy atom. The molecule has 12 heteroatoms. The summed E-state index contributed by atoms with van der Waals surface area (Å²) in [6, 6.07) is 20.5. The van der Waals surface area contributed by atoms with Crippen LogP contribution in [-0.2, 0) is 39.6 Å². The summed E-state index contributed by atoms with van der Waals surface area (Å²) < 4.78 is 17.2. The first-order valence-corrected chi connectivity index (χ1v) is 16.2. The molecule has 4 heterocycles. The summed E-state index contributed by atoms with van der Waals surface area (Å²) in [6.45, 7) is 0.186. The number of rotatable bonds is 8. The number of benzene rings is 3. The highest BCUT2D eigenvalue weighted by Crippen LogP contribution is 2.46. The zero-order valence-corrected chi connectivity index (χ0v) is 26.3. The molecule has 1 saturated heterocycles. The van der Waals surface area contributed by atoms with Gasteiger partial charge in [0.05, 0.1) is 11.1 Å². The van der Waals surface area contributed by atoms with Crippen molar-refractivity contribution < 1.29 is 28.4 Å². The molecule has 2 aromatic heterocycles. The number of amides is 5. The number of halogens is 1. The highest BCUT2D eigenvalue weighted by atomic mass is 19.1. The van der Waals surface area contributed by atoms with Crippen LogP contribution in [0.2, 0.25) is 0 Å². The molecule has 2 aliphatic heterocycles. The van der Waals surface area contributed by atoms with E-state index in [-0.39, 0.29) is 56.1 Å². The quantitative estimate of drug-likeness (QED) is 0.217. The summed E-state index contributed by atoms with van der Waals surface area (Å²) in [7, 11) is 0. The van der Waals surface area contributed by atoms with Gasteiger partial charge in [-0.2, -0.15) is 0 Å². The van der Waals surface area contributed by atoms with E-state index in [0.717, 1.165) is 16.3 Å². The number of aromatic nitrogens is 2. The summed E-state index contributed by atoms with van der Waals surface area (Å²) in [5, 5.41) is 10.1. The number of pyridine rings is 1. The Bertz CT molecular complexity index is 2190. The van der Waals surface area contributed by atoms with Crippen LogP contribution in [0.3, 0.4) is 0 Å². The molecule has 3 aliphatic rings. The van der Waals surface area contributed by atoms with Gasteiger partial charge in [0.2, 0.25) is 17.7 Å². The molecule has 11 nitrogen and oxygen atoms in total. The third-order valence-electron chi connectivity index (χ3n) is 9.80. The Kier molecular flexibility index (Phi) is 7.24. The van der Waals surface area contributed by atoms with Crippen molar-refractivity contribution in [2.75, 3.05) is 0 Å². The number of nitrogens with one attached hydrogen (secondary N) is 3. The van der Waals surface area contributed by atoms with Gasteiger partial charge in [0, 0.05) is 53.2 Å². The number of fused-ring (bicyclic) bond motifs is 4. The zero-order chi connectivity index (χ0) is 33.9. The highest BCUT2D eigenvalue weighted by Gasteiger charge is 2.46. The minimum absolute atomic E-state index is 0.00143. The molecule has 3 N–H and O–H groups in total. The molecule has 2 fully saturated rings. The Balaban J connectivity index is 0.919. The largest absolute Gasteiger partial charge is 0.350 e. The van der Waals surface area contributed by atoms with Gasteiger partial charge in [-0.05, 0) is 72.9 Å². The van der Waals surface area contributed by atoms with Crippen molar-refractivity contribution >= 4 is 51.5 Å². The summed E-state index contributed by atoms with van der Waals surface area (Å²) in [5.41, 5.74) is 3.21. The van der Waals surface area contributed by atoms with Crippen LogP contribution in [0.5, 0.6) is 0 Å². The Morgan fingerprint density at radius 3 is 2.59 bits per heavy atom. The fraction of sp³-hybridized carbons (Fsp3) is 0.243. The topological polar surface area (TPSA) is 142 Å². The first-order valence-electron chi connectivity index (χ1n) is 16.2. The molecular weight excluding hydrogens is 627 g/mol. The molecule has 8 rings (SSSR count). The van der Waals surface area contributed by atoms with Gasteiger partial charge >= 0.3 is 0 Å². The lowest BCUT2D eigenvalue weighted by Crippen LogP contribution is -2.52. The van der Waals surface area contributed by atoms with Gasteiger partial charge in [-0.25, -0.2) is 9.37 Å². The van der Waals surface area contributed by atoms with Gasteiger partial charge < -0.3 is 20.1 Å². The predicted octanol–water partition coefficient (Wildman–Crippen LogP) is 3.83. The van der Waals surface area contributed by atoms with E-state index in [2.05, 4.69) is 20.9 Å². The number of hydrogen-bond donors (Lipinski definition) is 3. The molecule has 5 aromatic rings. The molecule has 49 heavy (non-hydrogen) atoms. The van der Waals surface area contributed by atoms with Crippen LogP contribution in [0, 0.1) is 5.82 Å². The van der Waals surface area contributed by atoms with Crippen LogP contribution >= 0.6 is 0 Å². The molecular formula is C37H31FN6O5. The van der Waals surface area contributed by atoms with Crippen molar-refractivity contribution in [1.29, 1.82) is 0 Å². The maximum atomic E-state index is 15.4. The highest BCUT2D eigenvalue weighted by molar-refractivity contribution is 6.08. The fourth-order valence-corrected chi connectivity index (χ4v) is 7.03. The molecule has 1 unspecified atom stereocenters. The smallest absolute Gasteiger partial charge is 0.255 e. The zero-order valence-electron chi connectivity index (χ0n) is 26.3. The summed E-state index contributed by atoms with van der Waals surface area (Å²) in [4.78, 5) is 69.3. The molecule has 1 atom stereocenters. The van der Waals surface area contributed by atoms with E-state index in [1.54, 1.807) is 36.5 Å². The van der Waals surface area contributed by atoms with Crippen molar-refractivity contribution in [1.82, 2.24) is 30.4 Å². The lowest BCUT2D eigenvalue weighted by Gasteiger charge is -2.29. The van der Waals surface area contributed by atoms with E-state index in [1.807, 2.05) is 41.0 Å². The Morgan fingerprint density at radius 2 is 1.80 bits per heavy atom. The van der Waals surface area contributed by atoms with E-state index in [4.69, 9.17) is 0 Å². The first kappa shape index (κ1) is 30.4. The number of carbonyl (C=O) groups excluding carboxylic acids is 5. The van der Waals surface area contributed by atoms with Gasteiger partial charge in [-0.1, -0.05) is 30.3 Å². The maximum absolute atomic E-state index is 15.4. The second-order valence-corrected chi connectivity index (χ2v) is 12.9. The Hall–Kier alpha value is -5.91. The van der Waals surface area contributed by atoms with E-state index < -0.39 is 23.3 Å². The van der Waals surface area contributed by atoms with Crippen molar-refractivity contribution in [3.8, 4) is 0 Å². The molecule has 5 amide bonds. The standard InChI is InChI=1S/C37H31FN6O5/c38-28-17-24(9-7-22(28)18-40-32(46)20-43-29-6-2-1-4-26(29)27-5-3-15-39-33(27)43)37(13-14-37)42-34(47)21-8-10-25-23(16-21)19-44(36(25)49)30-11-12-31(45)41-35(30)48/h1-10,15-17,30H,11-14,18-20H2,(H,40,46)(H,42,47)(H,41,45,48). The molecule has 1 saturated carbocycles. The van der Waals surface area contributed by atoms with Gasteiger partial charge in [0.15, 0.2) is 0 Å². The van der Waals surface area contributed by atoms with Crippen LogP contribution in [0.1, 0.15) is 63.1 Å². The fourth-order valence-electron chi connectivity index (χ4n) is 7.03. The molecule has 246 valence electrons. The van der Waals surface area contributed by atoms with Gasteiger partial charge in [0.1, 0.15) is 24.1 Å². The lowest BCUT2D eigenvalue weighted by atomic mass is 10.0. The minimum Gasteiger partial charge on any atom is -0.350 e. The normalized spacial score (nSPS) is 18.0. The number of imide groups is 1. The average Bonchev–Trinajstić information content (AvgIpc) is 3.72. The molecule has 3 aromatic carbocycles. The minimum atomic E-state index is -0.742. The maximum Gasteiger partial charge on any atom is 0.255 e. The Labute approximate surface area is 279 Å². The van der Waals surface area contributed by atoms with Crippen LogP contribution in [0.15, 0.2) is 79.0 Å². The van der Waals surface area contributed by atoms with E-state index in [0.29, 0.717) is 46.3 Å². The number of hydrogen-bond acceptors (Lipinski definition) is 6. The summed E-state index contributed by atoms with van der Waals surface area (Å²) >= 11 is 0. The number of carbonyl (C=O) groups is 5. The van der Waals surface area contributed by atoms with Gasteiger partial charge in [-0.15, -0.1) is 0 Å². The third-order valence-corrected chi connectivity index (χ3v) is 9.80. The molecule has 0 radical (unpaired) electrons. The predicted molar refractivity (Wildman–Crippen MR) is 176 cm³/mol. The van der Waals surface area contributed by atoms with Crippen molar-refractivity contribution in [2.24, 2.45) is 0 Å². The second-order valence-electron chi connectivity index (χ2n) is 12.9. The summed E-state index contributed by atoms with van der Waals surface area (Å²) in [5.74, 6) is -2.29. The van der Waals surface area contributed by atoms with Crippen LogP contribution < -0.4 is 16.0 Å². The molecule has 1 aliphatic carbocycles. The van der Waals surface area contributed by atoms with Crippen LogP contribution in [-0.4, -0.2) is 50.0 Å². The average molecular weight is 659 g/mol. The van der Waals surface area contributed by atoms with Gasteiger partial charge in [-0.3, -0.25) is 29.3 Å². The number of nitrogens with zero attached hydrogens (tertiary/aromatic N) is 3. The van der Waals surface area contributed by atoms with E-state index >= 15 is 4.39 Å². The van der Waals surface area contributed by atoms with Crippen LogP contribution in [0.4, 0.5) is 4.39 Å². The SMILES string of the molecule is O=C(Cn1c2ccccc2c2cccnc21)NCc1ccc(C2(NC(=O)c3ccc4c(c3)CN(C3CCC(=O)NC3=O)C4=O)CC2)cc1F. The van der Waals surface area contributed by atoms with Crippen molar-refractivity contribution in [3.63, 3.8) is 0 Å². The van der Waals surface area contributed by atoms with Crippen molar-refractivity contribution in [2.45, 2.75) is 56.9 Å². The number of piperidine rings is 1. The van der Waals surface area contributed by atoms with Crippen molar-refractivity contribution in [3.05, 3.63) is 113 Å². The summed E-state index contributed by atoms with van der Waals surface area (Å²) in [6.07, 6.45) is 3.36. The molecule has 0 bridgehead atoms. The lowest BCUT2D eigenvalue weighted by molar-refractivity contribution is -0.137. The first-order chi connectivity index (χ1) is 23.7. The van der Waals surface area contributed by atoms with Crippen LogP contribution in [0.25, 0.3) is 21.9 Å². The monoisotopic (exact) mass is 658 g/mol. The van der Waals surface area contributed by atoms with E-state index in [9.17, 15) is 24.0 Å². The van der Waals surface area contributed by atoms with E-state index in [1.165, 1.54) is 11.0 Å². The third kappa shape index (κ3) is 5.38. The van der Waals surface area contributed by atoms with Gasteiger partial charge in [0.25, 0.3) is 11.8 Å². The molecule has 0 spiro atoms. The second kappa shape index (κ2) is 11.7.